The van der Waals surface area contributed by atoms with Gasteiger partial charge in [0.15, 0.2) is 5.82 Å². The second-order valence-corrected chi connectivity index (χ2v) is 2.63. The van der Waals surface area contributed by atoms with Crippen molar-refractivity contribution in [2.75, 3.05) is 5.73 Å². The molecule has 0 radical (unpaired) electrons. The van der Waals surface area contributed by atoms with E-state index in [4.69, 9.17) is 5.73 Å². The fraction of sp³-hybridized carbons (Fsp3) is 0. The standard InChI is InChI=1S/C6H4N8/c7-5-3-4(9-2-1-8-3)6-10-12-13-14(6)11-5/h1-2H,(H2,7,11). The molecular formula is C6H4N8. The Morgan fingerprint density at radius 1 is 1.14 bits per heavy atom. The van der Waals surface area contributed by atoms with Crippen LogP contribution in [0.15, 0.2) is 12.4 Å². The van der Waals surface area contributed by atoms with Crippen molar-refractivity contribution in [3.63, 3.8) is 0 Å². The molecule has 0 amide bonds. The average molecular weight is 188 g/mol. The third-order valence-electron chi connectivity index (χ3n) is 1.81. The molecule has 0 aromatic carbocycles. The van der Waals surface area contributed by atoms with E-state index in [0.717, 1.165) is 0 Å². The van der Waals surface area contributed by atoms with Crippen LogP contribution in [0.1, 0.15) is 0 Å². The third-order valence-corrected chi connectivity index (χ3v) is 1.81. The highest BCUT2D eigenvalue weighted by atomic mass is 15.6. The number of hydrogen-bond donors (Lipinski definition) is 1. The van der Waals surface area contributed by atoms with Crippen LogP contribution in [0.3, 0.4) is 0 Å². The number of rotatable bonds is 0. The molecule has 0 saturated carbocycles. The SMILES string of the molecule is Nc1nn2nnnc2c2nccnc12. The summed E-state index contributed by atoms with van der Waals surface area (Å²) in [4.78, 5) is 8.15. The minimum Gasteiger partial charge on any atom is -0.380 e. The molecule has 0 aliphatic rings. The number of tetrazole rings is 1. The Bertz CT molecular complexity index is 613. The van der Waals surface area contributed by atoms with E-state index < -0.39 is 0 Å². The average Bonchev–Trinajstić information content (AvgIpc) is 2.66. The predicted octanol–water partition coefficient (Wildman–Crippen LogP) is -0.955. The Hall–Kier alpha value is -2.38. The lowest BCUT2D eigenvalue weighted by Crippen LogP contribution is -2.03. The monoisotopic (exact) mass is 188 g/mol. The van der Waals surface area contributed by atoms with Gasteiger partial charge in [-0.05, 0) is 10.4 Å². The zero-order chi connectivity index (χ0) is 9.54. The topological polar surface area (TPSA) is 108 Å². The first kappa shape index (κ1) is 7.06. The molecule has 0 aliphatic heterocycles. The molecule has 8 nitrogen and oxygen atoms in total. The molecule has 3 heterocycles. The quantitative estimate of drug-likeness (QED) is 0.484. The van der Waals surface area contributed by atoms with Crippen LogP contribution < -0.4 is 5.73 Å². The normalized spacial score (nSPS) is 11.1. The molecule has 8 heteroatoms. The summed E-state index contributed by atoms with van der Waals surface area (Å²) in [5.74, 6) is 0.257. The van der Waals surface area contributed by atoms with Gasteiger partial charge in [-0.15, -0.1) is 14.8 Å². The Balaban J connectivity index is 2.67. The van der Waals surface area contributed by atoms with Gasteiger partial charge in [-0.3, -0.25) is 0 Å². The van der Waals surface area contributed by atoms with Crippen LogP contribution >= 0.6 is 0 Å². The van der Waals surface area contributed by atoms with Gasteiger partial charge in [0.1, 0.15) is 11.0 Å². The molecule has 3 aromatic heterocycles. The highest BCUT2D eigenvalue weighted by Gasteiger charge is 2.09. The third kappa shape index (κ3) is 0.762. The van der Waals surface area contributed by atoms with Crippen LogP contribution in [-0.4, -0.2) is 35.2 Å². The molecule has 0 saturated heterocycles. The van der Waals surface area contributed by atoms with Gasteiger partial charge in [-0.1, -0.05) is 0 Å². The Morgan fingerprint density at radius 3 is 2.79 bits per heavy atom. The Labute approximate surface area is 76.8 Å². The maximum atomic E-state index is 5.65. The second kappa shape index (κ2) is 2.31. The van der Waals surface area contributed by atoms with Crippen molar-refractivity contribution in [3.8, 4) is 0 Å². The molecule has 2 N–H and O–H groups in total. The number of fused-ring (bicyclic) bond motifs is 3. The molecule has 0 unspecified atom stereocenters. The fourth-order valence-corrected chi connectivity index (χ4v) is 1.23. The summed E-state index contributed by atoms with van der Waals surface area (Å²) in [7, 11) is 0. The van der Waals surface area contributed by atoms with Gasteiger partial charge >= 0.3 is 0 Å². The minimum absolute atomic E-state index is 0.257. The van der Waals surface area contributed by atoms with Gasteiger partial charge in [0.2, 0.25) is 5.65 Å². The molecule has 3 rings (SSSR count). The number of hydrogen-bond acceptors (Lipinski definition) is 7. The van der Waals surface area contributed by atoms with Gasteiger partial charge in [0.25, 0.3) is 0 Å². The molecular weight excluding hydrogens is 184 g/mol. The zero-order valence-corrected chi connectivity index (χ0v) is 6.86. The fourth-order valence-electron chi connectivity index (χ4n) is 1.23. The summed E-state index contributed by atoms with van der Waals surface area (Å²) < 4.78 is 1.23. The van der Waals surface area contributed by atoms with Crippen molar-refractivity contribution < 1.29 is 0 Å². The summed E-state index contributed by atoms with van der Waals surface area (Å²) in [6.45, 7) is 0. The summed E-state index contributed by atoms with van der Waals surface area (Å²) in [6, 6.07) is 0. The summed E-state index contributed by atoms with van der Waals surface area (Å²) in [5.41, 5.74) is 7.15. The van der Waals surface area contributed by atoms with Crippen molar-refractivity contribution in [1.82, 2.24) is 35.2 Å². The number of aromatic nitrogens is 7. The molecule has 3 aromatic rings. The zero-order valence-electron chi connectivity index (χ0n) is 6.86. The molecule has 0 spiro atoms. The number of anilines is 1. The van der Waals surface area contributed by atoms with E-state index in [2.05, 4.69) is 30.6 Å². The summed E-state index contributed by atoms with van der Waals surface area (Å²) in [6.07, 6.45) is 3.09. The maximum absolute atomic E-state index is 5.65. The molecule has 0 fully saturated rings. The molecule has 14 heavy (non-hydrogen) atoms. The van der Waals surface area contributed by atoms with Crippen LogP contribution in [0.2, 0.25) is 0 Å². The summed E-state index contributed by atoms with van der Waals surface area (Å²) in [5, 5.41) is 14.8. The lowest BCUT2D eigenvalue weighted by atomic mass is 10.4. The van der Waals surface area contributed by atoms with Gasteiger partial charge in [-0.2, -0.15) is 0 Å². The number of nitrogens with two attached hydrogens (primary N) is 1. The van der Waals surface area contributed by atoms with Crippen LogP contribution in [0.25, 0.3) is 16.7 Å². The van der Waals surface area contributed by atoms with Crippen molar-refractivity contribution >= 4 is 22.5 Å². The van der Waals surface area contributed by atoms with Crippen LogP contribution in [0, 0.1) is 0 Å². The van der Waals surface area contributed by atoms with Crippen molar-refractivity contribution in [2.24, 2.45) is 0 Å². The van der Waals surface area contributed by atoms with E-state index in [0.29, 0.717) is 16.7 Å². The largest absolute Gasteiger partial charge is 0.380 e. The van der Waals surface area contributed by atoms with Gasteiger partial charge in [0.05, 0.1) is 0 Å². The first-order chi connectivity index (χ1) is 6.86. The Morgan fingerprint density at radius 2 is 1.93 bits per heavy atom. The van der Waals surface area contributed by atoms with E-state index in [1.54, 1.807) is 12.4 Å². The molecule has 68 valence electrons. The predicted molar refractivity (Wildman–Crippen MR) is 46.1 cm³/mol. The van der Waals surface area contributed by atoms with E-state index in [1.807, 2.05) is 0 Å². The summed E-state index contributed by atoms with van der Waals surface area (Å²) >= 11 is 0. The molecule has 0 bridgehead atoms. The number of nitrogen functional groups attached to an aromatic ring is 1. The first-order valence-electron chi connectivity index (χ1n) is 3.81. The van der Waals surface area contributed by atoms with Crippen molar-refractivity contribution in [1.29, 1.82) is 0 Å². The lowest BCUT2D eigenvalue weighted by molar-refractivity contribution is 0.739. The highest BCUT2D eigenvalue weighted by Crippen LogP contribution is 2.15. The van der Waals surface area contributed by atoms with Crippen molar-refractivity contribution in [2.45, 2.75) is 0 Å². The van der Waals surface area contributed by atoms with E-state index >= 15 is 0 Å². The van der Waals surface area contributed by atoms with Gasteiger partial charge < -0.3 is 5.73 Å². The lowest BCUT2D eigenvalue weighted by Gasteiger charge is -1.98. The second-order valence-electron chi connectivity index (χ2n) is 2.63. The smallest absolute Gasteiger partial charge is 0.227 e. The Kier molecular flexibility index (Phi) is 1.17. The molecule has 0 aliphatic carbocycles. The maximum Gasteiger partial charge on any atom is 0.227 e. The van der Waals surface area contributed by atoms with Crippen LogP contribution in [0.4, 0.5) is 5.82 Å². The van der Waals surface area contributed by atoms with Gasteiger partial charge in [-0.25, -0.2) is 9.97 Å². The number of nitrogens with zero attached hydrogens (tertiary/aromatic N) is 7. The minimum atomic E-state index is 0.257. The van der Waals surface area contributed by atoms with E-state index in [1.165, 1.54) is 4.63 Å². The molecule has 0 atom stereocenters. The van der Waals surface area contributed by atoms with E-state index in [-0.39, 0.29) is 5.82 Å². The highest BCUT2D eigenvalue weighted by molar-refractivity contribution is 5.92. The van der Waals surface area contributed by atoms with Crippen LogP contribution in [-0.2, 0) is 0 Å². The first-order valence-corrected chi connectivity index (χ1v) is 3.81. The van der Waals surface area contributed by atoms with Gasteiger partial charge in [0, 0.05) is 12.4 Å². The van der Waals surface area contributed by atoms with Crippen LogP contribution in [0.5, 0.6) is 0 Å². The van der Waals surface area contributed by atoms with Crippen molar-refractivity contribution in [3.05, 3.63) is 12.4 Å². The van der Waals surface area contributed by atoms with E-state index in [9.17, 15) is 0 Å².